The smallest absolute Gasteiger partial charge is 0.323 e. The van der Waals surface area contributed by atoms with Gasteiger partial charge in [-0.1, -0.05) is 0 Å². The molecule has 8 heteroatoms. The third-order valence-corrected chi connectivity index (χ3v) is 1.76. The summed E-state index contributed by atoms with van der Waals surface area (Å²) in [6.45, 7) is -1.00. The van der Waals surface area contributed by atoms with Crippen LogP contribution < -0.4 is 9.64 Å². The number of carboxylic acid groups (broad SMARTS) is 2. The zero-order valence-electron chi connectivity index (χ0n) is 9.03. The molecule has 1 aromatic heterocycles. The van der Waals surface area contributed by atoms with Crippen LogP contribution in [0.4, 0.5) is 5.95 Å². The highest BCUT2D eigenvalue weighted by Gasteiger charge is 2.17. The number of nitrogens with zero attached hydrogens (tertiary/aromatic N) is 3. The van der Waals surface area contributed by atoms with Crippen molar-refractivity contribution in [2.75, 3.05) is 25.1 Å². The molecule has 17 heavy (non-hydrogen) atoms. The Bertz CT molecular complexity index is 407. The molecule has 0 aliphatic heterocycles. The summed E-state index contributed by atoms with van der Waals surface area (Å²) >= 11 is 0. The zero-order valence-corrected chi connectivity index (χ0v) is 9.03. The minimum Gasteiger partial charge on any atom is -0.481 e. The van der Waals surface area contributed by atoms with Gasteiger partial charge in [-0.2, -0.15) is 4.98 Å². The lowest BCUT2D eigenvalue weighted by molar-refractivity contribution is -0.136. The van der Waals surface area contributed by atoms with E-state index in [0.717, 1.165) is 4.90 Å². The Morgan fingerprint density at radius 1 is 1.35 bits per heavy atom. The number of hydrogen-bond acceptors (Lipinski definition) is 6. The summed E-state index contributed by atoms with van der Waals surface area (Å²) in [5, 5.41) is 17.3. The quantitative estimate of drug-likeness (QED) is 0.682. The number of carboxylic acids is 2. The molecule has 0 spiro atoms. The van der Waals surface area contributed by atoms with Crippen molar-refractivity contribution in [3.8, 4) is 5.88 Å². The van der Waals surface area contributed by atoms with Gasteiger partial charge in [0.1, 0.15) is 13.1 Å². The average Bonchev–Trinajstić information content (AvgIpc) is 2.27. The van der Waals surface area contributed by atoms with Gasteiger partial charge in [0.15, 0.2) is 0 Å². The summed E-state index contributed by atoms with van der Waals surface area (Å²) in [7, 11) is 1.39. The lowest BCUT2D eigenvalue weighted by atomic mass is 10.5. The molecule has 0 amide bonds. The van der Waals surface area contributed by atoms with Crippen LogP contribution in [0.25, 0.3) is 0 Å². The molecule has 0 aliphatic carbocycles. The van der Waals surface area contributed by atoms with E-state index in [1.807, 2.05) is 0 Å². The summed E-state index contributed by atoms with van der Waals surface area (Å²) in [4.78, 5) is 29.9. The first-order valence-corrected chi connectivity index (χ1v) is 4.58. The lowest BCUT2D eigenvalue weighted by Crippen LogP contribution is -2.35. The topological polar surface area (TPSA) is 113 Å². The van der Waals surface area contributed by atoms with Crippen LogP contribution in [0.15, 0.2) is 12.3 Å². The molecule has 0 fully saturated rings. The molecule has 1 rings (SSSR count). The monoisotopic (exact) mass is 241 g/mol. The summed E-state index contributed by atoms with van der Waals surface area (Å²) < 4.78 is 4.84. The van der Waals surface area contributed by atoms with Gasteiger partial charge in [-0.05, 0) is 0 Å². The number of ether oxygens (including phenoxy) is 1. The Morgan fingerprint density at radius 2 is 1.94 bits per heavy atom. The first kappa shape index (κ1) is 12.7. The Hall–Kier alpha value is -2.38. The highest BCUT2D eigenvalue weighted by atomic mass is 16.5. The standard InChI is InChI=1S/C9H11N3O5/c1-17-6-2-3-10-9(11-6)12(4-7(13)14)5-8(15)16/h2-3H,4-5H2,1H3,(H,13,14)(H,15,16). The van der Waals surface area contributed by atoms with Gasteiger partial charge in [-0.15, -0.1) is 0 Å². The maximum absolute atomic E-state index is 10.6. The molecule has 0 bridgehead atoms. The fourth-order valence-corrected chi connectivity index (χ4v) is 1.12. The number of rotatable bonds is 6. The number of anilines is 1. The third-order valence-electron chi connectivity index (χ3n) is 1.76. The third kappa shape index (κ3) is 3.93. The van der Waals surface area contributed by atoms with Gasteiger partial charge in [0.2, 0.25) is 11.8 Å². The SMILES string of the molecule is COc1ccnc(N(CC(=O)O)CC(=O)O)n1. The van der Waals surface area contributed by atoms with Crippen LogP contribution in [0.1, 0.15) is 0 Å². The van der Waals surface area contributed by atoms with Gasteiger partial charge in [-0.25, -0.2) is 4.98 Å². The molecule has 0 aliphatic rings. The number of aromatic nitrogens is 2. The van der Waals surface area contributed by atoms with Crippen molar-refractivity contribution < 1.29 is 24.5 Å². The van der Waals surface area contributed by atoms with Gasteiger partial charge in [-0.3, -0.25) is 9.59 Å². The van der Waals surface area contributed by atoms with Crippen molar-refractivity contribution >= 4 is 17.9 Å². The van der Waals surface area contributed by atoms with Gasteiger partial charge < -0.3 is 19.8 Å². The zero-order chi connectivity index (χ0) is 12.8. The first-order chi connectivity index (χ1) is 8.02. The number of methoxy groups -OCH3 is 1. The maximum atomic E-state index is 10.6. The summed E-state index contributed by atoms with van der Waals surface area (Å²) in [5.74, 6) is -2.11. The molecule has 1 aromatic rings. The van der Waals surface area contributed by atoms with Gasteiger partial charge in [0, 0.05) is 12.3 Å². The van der Waals surface area contributed by atoms with E-state index in [1.54, 1.807) is 0 Å². The Kier molecular flexibility index (Phi) is 4.21. The predicted octanol–water partition coefficient (Wildman–Crippen LogP) is -0.539. The highest BCUT2D eigenvalue weighted by Crippen LogP contribution is 2.11. The van der Waals surface area contributed by atoms with Gasteiger partial charge in [0.25, 0.3) is 0 Å². The van der Waals surface area contributed by atoms with Crippen molar-refractivity contribution in [3.05, 3.63) is 12.3 Å². The van der Waals surface area contributed by atoms with Crippen LogP contribution in [0.2, 0.25) is 0 Å². The van der Waals surface area contributed by atoms with E-state index in [9.17, 15) is 9.59 Å². The Morgan fingerprint density at radius 3 is 2.41 bits per heavy atom. The lowest BCUT2D eigenvalue weighted by Gasteiger charge is -2.18. The van der Waals surface area contributed by atoms with E-state index in [0.29, 0.717) is 0 Å². The molecule has 0 saturated carbocycles. The van der Waals surface area contributed by atoms with E-state index >= 15 is 0 Å². The second-order valence-electron chi connectivity index (χ2n) is 3.04. The largest absolute Gasteiger partial charge is 0.481 e. The molecule has 0 atom stereocenters. The minimum absolute atomic E-state index is 0.00542. The number of hydrogen-bond donors (Lipinski definition) is 2. The van der Waals surface area contributed by atoms with Crippen molar-refractivity contribution in [2.24, 2.45) is 0 Å². The average molecular weight is 241 g/mol. The van der Waals surface area contributed by atoms with E-state index in [1.165, 1.54) is 19.4 Å². The summed E-state index contributed by atoms with van der Waals surface area (Å²) in [6.07, 6.45) is 1.36. The molecule has 0 saturated heterocycles. The second-order valence-corrected chi connectivity index (χ2v) is 3.04. The number of aliphatic carboxylic acids is 2. The molecular weight excluding hydrogens is 230 g/mol. The molecule has 2 N–H and O–H groups in total. The second kappa shape index (κ2) is 5.64. The van der Waals surface area contributed by atoms with Crippen molar-refractivity contribution in [2.45, 2.75) is 0 Å². The van der Waals surface area contributed by atoms with E-state index in [2.05, 4.69) is 9.97 Å². The van der Waals surface area contributed by atoms with E-state index in [4.69, 9.17) is 14.9 Å². The molecule has 0 radical (unpaired) electrons. The van der Waals surface area contributed by atoms with Gasteiger partial charge in [0.05, 0.1) is 7.11 Å². The highest BCUT2D eigenvalue weighted by molar-refractivity contribution is 5.78. The Labute approximate surface area is 96.5 Å². The van der Waals surface area contributed by atoms with Crippen LogP contribution in [-0.4, -0.2) is 52.3 Å². The molecule has 92 valence electrons. The molecule has 1 heterocycles. The number of carbonyl (C=O) groups is 2. The van der Waals surface area contributed by atoms with Crippen molar-refractivity contribution in [1.29, 1.82) is 0 Å². The Balaban J connectivity index is 2.94. The van der Waals surface area contributed by atoms with Crippen molar-refractivity contribution in [1.82, 2.24) is 9.97 Å². The van der Waals surface area contributed by atoms with Crippen LogP contribution in [0, 0.1) is 0 Å². The molecule has 0 unspecified atom stereocenters. The van der Waals surface area contributed by atoms with Crippen LogP contribution in [0.3, 0.4) is 0 Å². The van der Waals surface area contributed by atoms with Crippen molar-refractivity contribution in [3.63, 3.8) is 0 Å². The van der Waals surface area contributed by atoms with Crippen LogP contribution in [-0.2, 0) is 9.59 Å². The predicted molar refractivity (Wildman–Crippen MR) is 56.1 cm³/mol. The van der Waals surface area contributed by atoms with Crippen LogP contribution >= 0.6 is 0 Å². The molecule has 8 nitrogen and oxygen atoms in total. The fourth-order valence-electron chi connectivity index (χ4n) is 1.12. The minimum atomic E-state index is -1.17. The summed E-state index contributed by atoms with van der Waals surface area (Å²) in [5.41, 5.74) is 0. The maximum Gasteiger partial charge on any atom is 0.323 e. The van der Waals surface area contributed by atoms with E-state index < -0.39 is 25.0 Å². The first-order valence-electron chi connectivity index (χ1n) is 4.58. The fraction of sp³-hybridized carbons (Fsp3) is 0.333. The van der Waals surface area contributed by atoms with E-state index in [-0.39, 0.29) is 11.8 Å². The van der Waals surface area contributed by atoms with Gasteiger partial charge >= 0.3 is 11.9 Å². The normalized spacial score (nSPS) is 9.71. The van der Waals surface area contributed by atoms with Crippen LogP contribution in [0.5, 0.6) is 5.88 Å². The summed E-state index contributed by atoms with van der Waals surface area (Å²) in [6, 6.07) is 1.48. The molecular formula is C9H11N3O5. The molecule has 0 aromatic carbocycles.